The molecule has 166 valence electrons. The van der Waals surface area contributed by atoms with Gasteiger partial charge in [0.05, 0.1) is 23.5 Å². The summed E-state index contributed by atoms with van der Waals surface area (Å²) >= 11 is 0. The van der Waals surface area contributed by atoms with E-state index in [1.165, 1.54) is 4.31 Å². The maximum atomic E-state index is 13.0. The van der Waals surface area contributed by atoms with Crippen molar-refractivity contribution in [2.45, 2.75) is 76.3 Å². The summed E-state index contributed by atoms with van der Waals surface area (Å²) in [7, 11) is -3.43. The standard InChI is InChI=1S/C20H30N4O5S/c1-13(2)30(27,28)23-10-8-14-15(12-23)21-18(22-19(14)25)16-6-3-4-9-24(16)20(26)17-7-5-11-29-17/h13,16-17H,3-12H2,1-2H3,(H,21,22,25)/t16-,17-/m1/s1. The van der Waals surface area contributed by atoms with Crippen molar-refractivity contribution in [3.63, 3.8) is 0 Å². The molecule has 10 heteroatoms. The molecule has 2 saturated heterocycles. The van der Waals surface area contributed by atoms with Crippen molar-refractivity contribution in [3.05, 3.63) is 27.4 Å². The summed E-state index contributed by atoms with van der Waals surface area (Å²) in [4.78, 5) is 35.1. The van der Waals surface area contributed by atoms with E-state index in [2.05, 4.69) is 9.97 Å². The Labute approximate surface area is 176 Å². The zero-order valence-electron chi connectivity index (χ0n) is 17.6. The van der Waals surface area contributed by atoms with Crippen LogP contribution in [0.15, 0.2) is 4.79 Å². The number of likely N-dealkylation sites (tertiary alicyclic amines) is 1. The highest BCUT2D eigenvalue weighted by Gasteiger charge is 2.37. The lowest BCUT2D eigenvalue weighted by Crippen LogP contribution is -2.46. The van der Waals surface area contributed by atoms with Crippen molar-refractivity contribution in [1.29, 1.82) is 0 Å². The fourth-order valence-electron chi connectivity index (χ4n) is 4.55. The highest BCUT2D eigenvalue weighted by molar-refractivity contribution is 7.89. The summed E-state index contributed by atoms with van der Waals surface area (Å²) in [5.74, 6) is 0.412. The first kappa shape index (κ1) is 21.5. The largest absolute Gasteiger partial charge is 0.368 e. The van der Waals surface area contributed by atoms with Crippen molar-refractivity contribution < 1.29 is 17.9 Å². The van der Waals surface area contributed by atoms with Gasteiger partial charge in [0.25, 0.3) is 11.5 Å². The predicted molar refractivity (Wildman–Crippen MR) is 110 cm³/mol. The first-order chi connectivity index (χ1) is 14.3. The summed E-state index contributed by atoms with van der Waals surface area (Å²) in [6.07, 6.45) is 4.09. The minimum atomic E-state index is -3.43. The Bertz CT molecular complexity index is 968. The van der Waals surface area contributed by atoms with Gasteiger partial charge in [0.15, 0.2) is 0 Å². The van der Waals surface area contributed by atoms with Crippen molar-refractivity contribution in [2.75, 3.05) is 19.7 Å². The number of sulfonamides is 1. The smallest absolute Gasteiger partial charge is 0.254 e. The molecule has 0 unspecified atom stereocenters. The maximum absolute atomic E-state index is 13.0. The number of carbonyl (C=O) groups excluding carboxylic acids is 1. The van der Waals surface area contributed by atoms with Gasteiger partial charge in [-0.2, -0.15) is 4.31 Å². The van der Waals surface area contributed by atoms with E-state index < -0.39 is 21.4 Å². The number of amides is 1. The van der Waals surface area contributed by atoms with E-state index in [-0.39, 0.29) is 30.6 Å². The molecular weight excluding hydrogens is 408 g/mol. The van der Waals surface area contributed by atoms with E-state index in [0.29, 0.717) is 43.1 Å². The molecule has 9 nitrogen and oxygen atoms in total. The van der Waals surface area contributed by atoms with Gasteiger partial charge in [-0.15, -0.1) is 0 Å². The Balaban J connectivity index is 1.64. The van der Waals surface area contributed by atoms with Crippen LogP contribution in [0.2, 0.25) is 0 Å². The van der Waals surface area contributed by atoms with Gasteiger partial charge < -0.3 is 14.6 Å². The number of ether oxygens (including phenoxy) is 1. The van der Waals surface area contributed by atoms with Gasteiger partial charge in [-0.05, 0) is 52.4 Å². The zero-order valence-corrected chi connectivity index (χ0v) is 18.4. The molecular formula is C20H30N4O5S. The molecule has 0 aliphatic carbocycles. The van der Waals surface area contributed by atoms with Gasteiger partial charge in [0, 0.05) is 25.3 Å². The van der Waals surface area contributed by atoms with Crippen LogP contribution in [0, 0.1) is 0 Å². The third-order valence-electron chi connectivity index (χ3n) is 6.32. The second-order valence-corrected chi connectivity index (χ2v) is 11.1. The van der Waals surface area contributed by atoms with Gasteiger partial charge in [-0.25, -0.2) is 13.4 Å². The van der Waals surface area contributed by atoms with Crippen LogP contribution in [0.4, 0.5) is 0 Å². The summed E-state index contributed by atoms with van der Waals surface area (Å²) in [5.41, 5.74) is 0.813. The lowest BCUT2D eigenvalue weighted by molar-refractivity contribution is -0.145. The Morgan fingerprint density at radius 3 is 2.70 bits per heavy atom. The Kier molecular flexibility index (Phi) is 6.00. The number of hydrogen-bond acceptors (Lipinski definition) is 6. The predicted octanol–water partition coefficient (Wildman–Crippen LogP) is 1.10. The van der Waals surface area contributed by atoms with Crippen LogP contribution in [0.5, 0.6) is 0 Å². The normalized spacial score (nSPS) is 25.5. The average Bonchev–Trinajstić information content (AvgIpc) is 3.27. The lowest BCUT2D eigenvalue weighted by atomic mass is 9.99. The highest BCUT2D eigenvalue weighted by atomic mass is 32.2. The van der Waals surface area contributed by atoms with E-state index >= 15 is 0 Å². The molecule has 0 aromatic carbocycles. The van der Waals surface area contributed by atoms with Gasteiger partial charge in [0.1, 0.15) is 11.9 Å². The SMILES string of the molecule is CC(C)S(=O)(=O)N1CCc2c(nc([C@H]3CCCCN3C(=O)[C@H]3CCCO3)[nH]c2=O)C1. The molecule has 1 aromatic rings. The van der Waals surface area contributed by atoms with Gasteiger partial charge in [-0.1, -0.05) is 0 Å². The number of aromatic nitrogens is 2. The fraction of sp³-hybridized carbons (Fsp3) is 0.750. The average molecular weight is 439 g/mol. The number of rotatable bonds is 4. The van der Waals surface area contributed by atoms with Crippen LogP contribution in [-0.4, -0.2) is 64.5 Å². The third-order valence-corrected chi connectivity index (χ3v) is 8.54. The number of piperidine rings is 1. The van der Waals surface area contributed by atoms with E-state index in [9.17, 15) is 18.0 Å². The summed E-state index contributed by atoms with van der Waals surface area (Å²) in [6.45, 7) is 4.89. The lowest BCUT2D eigenvalue weighted by Gasteiger charge is -2.37. The van der Waals surface area contributed by atoms with E-state index in [1.54, 1.807) is 18.7 Å². The number of aromatic amines is 1. The molecule has 0 bridgehead atoms. The number of hydrogen-bond donors (Lipinski definition) is 1. The van der Waals surface area contributed by atoms with Crippen LogP contribution in [0.25, 0.3) is 0 Å². The third kappa shape index (κ3) is 3.92. The van der Waals surface area contributed by atoms with Crippen molar-refractivity contribution >= 4 is 15.9 Å². The molecule has 4 rings (SSSR count). The molecule has 4 heterocycles. The molecule has 1 N–H and O–H groups in total. The first-order valence-corrected chi connectivity index (χ1v) is 12.3. The number of nitrogens with zero attached hydrogens (tertiary/aromatic N) is 3. The van der Waals surface area contributed by atoms with Crippen molar-refractivity contribution in [2.24, 2.45) is 0 Å². The summed E-state index contributed by atoms with van der Waals surface area (Å²) in [6, 6.07) is -0.314. The second kappa shape index (κ2) is 8.39. The molecule has 1 aromatic heterocycles. The number of H-pyrrole nitrogens is 1. The summed E-state index contributed by atoms with van der Waals surface area (Å²) < 4.78 is 32.2. The monoisotopic (exact) mass is 438 g/mol. The summed E-state index contributed by atoms with van der Waals surface area (Å²) in [5, 5.41) is -0.529. The molecule has 3 aliphatic heterocycles. The zero-order chi connectivity index (χ0) is 21.5. The van der Waals surface area contributed by atoms with E-state index in [1.807, 2.05) is 0 Å². The Morgan fingerprint density at radius 2 is 2.00 bits per heavy atom. The molecule has 3 aliphatic rings. The first-order valence-electron chi connectivity index (χ1n) is 10.8. The molecule has 2 fully saturated rings. The van der Waals surface area contributed by atoms with Crippen molar-refractivity contribution in [3.8, 4) is 0 Å². The quantitative estimate of drug-likeness (QED) is 0.753. The van der Waals surface area contributed by atoms with Crippen LogP contribution in [-0.2, 0) is 32.5 Å². The topological polar surface area (TPSA) is 113 Å². The van der Waals surface area contributed by atoms with E-state index in [0.717, 1.165) is 25.7 Å². The molecule has 0 radical (unpaired) electrons. The number of carbonyl (C=O) groups is 1. The Morgan fingerprint density at radius 1 is 1.20 bits per heavy atom. The molecule has 2 atom stereocenters. The van der Waals surface area contributed by atoms with E-state index in [4.69, 9.17) is 4.74 Å². The van der Waals surface area contributed by atoms with Crippen LogP contribution >= 0.6 is 0 Å². The number of fused-ring (bicyclic) bond motifs is 1. The van der Waals surface area contributed by atoms with Crippen molar-refractivity contribution in [1.82, 2.24) is 19.2 Å². The minimum absolute atomic E-state index is 0.0402. The molecule has 0 saturated carbocycles. The van der Waals surface area contributed by atoms with Crippen LogP contribution in [0.1, 0.15) is 69.1 Å². The van der Waals surface area contributed by atoms with Crippen LogP contribution < -0.4 is 5.56 Å². The highest BCUT2D eigenvalue weighted by Crippen LogP contribution is 2.31. The van der Waals surface area contributed by atoms with Gasteiger partial charge in [0.2, 0.25) is 10.0 Å². The van der Waals surface area contributed by atoms with Gasteiger partial charge in [-0.3, -0.25) is 9.59 Å². The Hall–Kier alpha value is -1.78. The second-order valence-electron chi connectivity index (χ2n) is 8.60. The number of nitrogens with one attached hydrogen (secondary N) is 1. The van der Waals surface area contributed by atoms with Gasteiger partial charge >= 0.3 is 0 Å². The molecule has 0 spiro atoms. The minimum Gasteiger partial charge on any atom is -0.368 e. The fourth-order valence-corrected chi connectivity index (χ4v) is 5.79. The molecule has 1 amide bonds. The maximum Gasteiger partial charge on any atom is 0.254 e. The van der Waals surface area contributed by atoms with Crippen LogP contribution in [0.3, 0.4) is 0 Å². The molecule has 30 heavy (non-hydrogen) atoms.